The van der Waals surface area contributed by atoms with Gasteiger partial charge >= 0.3 is 0 Å². The summed E-state index contributed by atoms with van der Waals surface area (Å²) in [6.07, 6.45) is 2.00. The quantitative estimate of drug-likeness (QED) is 0.662. The van der Waals surface area contributed by atoms with Crippen LogP contribution in [0.3, 0.4) is 0 Å². The third-order valence-electron chi connectivity index (χ3n) is 2.27. The van der Waals surface area contributed by atoms with E-state index in [2.05, 4.69) is 31.2 Å². The molecule has 14 heavy (non-hydrogen) atoms. The highest BCUT2D eigenvalue weighted by molar-refractivity contribution is 5.51. The van der Waals surface area contributed by atoms with Gasteiger partial charge in [-0.1, -0.05) is 31.2 Å². The number of aldehydes is 1. The van der Waals surface area contributed by atoms with Crippen LogP contribution in [0.5, 0.6) is 0 Å². The number of benzene rings is 1. The van der Waals surface area contributed by atoms with Crippen molar-refractivity contribution in [3.63, 3.8) is 0 Å². The fourth-order valence-corrected chi connectivity index (χ4v) is 1.38. The molecule has 0 atom stereocenters. The highest BCUT2D eigenvalue weighted by Crippen LogP contribution is 2.06. The van der Waals surface area contributed by atoms with Crippen LogP contribution in [0.2, 0.25) is 0 Å². The Kier molecular flexibility index (Phi) is 4.33. The van der Waals surface area contributed by atoms with Gasteiger partial charge in [0.15, 0.2) is 0 Å². The van der Waals surface area contributed by atoms with Crippen LogP contribution in [-0.4, -0.2) is 24.8 Å². The van der Waals surface area contributed by atoms with Crippen molar-refractivity contribution in [1.29, 1.82) is 0 Å². The van der Waals surface area contributed by atoms with Gasteiger partial charge in [0.25, 0.3) is 0 Å². The molecule has 0 unspecified atom stereocenters. The van der Waals surface area contributed by atoms with E-state index in [1.165, 1.54) is 11.1 Å². The zero-order valence-corrected chi connectivity index (χ0v) is 8.86. The van der Waals surface area contributed by atoms with E-state index in [1.807, 2.05) is 11.9 Å². The second-order valence-corrected chi connectivity index (χ2v) is 3.53. The average molecular weight is 191 g/mol. The molecule has 0 bridgehead atoms. The molecule has 0 heterocycles. The normalized spacial score (nSPS) is 10.5. The van der Waals surface area contributed by atoms with Crippen LogP contribution in [0.1, 0.15) is 18.1 Å². The SMILES string of the molecule is CCc1ccc(CN(C)CC=O)cc1. The van der Waals surface area contributed by atoms with Gasteiger partial charge in [-0.2, -0.15) is 0 Å². The summed E-state index contributed by atoms with van der Waals surface area (Å²) in [6.45, 7) is 3.48. The summed E-state index contributed by atoms with van der Waals surface area (Å²) >= 11 is 0. The summed E-state index contributed by atoms with van der Waals surface area (Å²) in [6, 6.07) is 8.54. The van der Waals surface area contributed by atoms with Crippen molar-refractivity contribution < 1.29 is 4.79 Å². The first-order valence-electron chi connectivity index (χ1n) is 4.96. The Morgan fingerprint density at radius 3 is 2.29 bits per heavy atom. The molecule has 0 aromatic heterocycles. The Labute approximate surface area is 85.5 Å². The van der Waals surface area contributed by atoms with Crippen LogP contribution >= 0.6 is 0 Å². The average Bonchev–Trinajstić information content (AvgIpc) is 2.19. The molecular formula is C12H17NO. The summed E-state index contributed by atoms with van der Waals surface area (Å²) in [5, 5.41) is 0. The van der Waals surface area contributed by atoms with E-state index >= 15 is 0 Å². The second kappa shape index (κ2) is 5.55. The van der Waals surface area contributed by atoms with Gasteiger partial charge in [0.05, 0.1) is 6.54 Å². The van der Waals surface area contributed by atoms with Gasteiger partial charge in [-0.25, -0.2) is 0 Å². The molecule has 0 fully saturated rings. The monoisotopic (exact) mass is 191 g/mol. The first-order valence-corrected chi connectivity index (χ1v) is 4.96. The largest absolute Gasteiger partial charge is 0.302 e. The molecule has 0 N–H and O–H groups in total. The van der Waals surface area contributed by atoms with Crippen LogP contribution in [0.4, 0.5) is 0 Å². The van der Waals surface area contributed by atoms with Crippen molar-refractivity contribution in [2.24, 2.45) is 0 Å². The van der Waals surface area contributed by atoms with Gasteiger partial charge < -0.3 is 4.79 Å². The molecule has 0 aliphatic heterocycles. The number of rotatable bonds is 5. The maximum atomic E-state index is 10.3. The molecule has 76 valence electrons. The van der Waals surface area contributed by atoms with Crippen molar-refractivity contribution >= 4 is 6.29 Å². The Hall–Kier alpha value is -1.15. The lowest BCUT2D eigenvalue weighted by Crippen LogP contribution is -2.19. The van der Waals surface area contributed by atoms with Gasteiger partial charge in [0, 0.05) is 6.54 Å². The lowest BCUT2D eigenvalue weighted by atomic mass is 10.1. The minimum atomic E-state index is 0.496. The molecular weight excluding hydrogens is 174 g/mol. The summed E-state index contributed by atoms with van der Waals surface area (Å²) in [5.74, 6) is 0. The fourth-order valence-electron chi connectivity index (χ4n) is 1.38. The van der Waals surface area contributed by atoms with Crippen LogP contribution in [0, 0.1) is 0 Å². The zero-order chi connectivity index (χ0) is 10.4. The predicted octanol–water partition coefficient (Wildman–Crippen LogP) is 1.88. The van der Waals surface area contributed by atoms with Crippen LogP contribution in [-0.2, 0) is 17.8 Å². The minimum absolute atomic E-state index is 0.496. The number of likely N-dealkylation sites (N-methyl/N-ethyl adjacent to an activating group) is 1. The Balaban J connectivity index is 2.54. The van der Waals surface area contributed by atoms with Crippen molar-refractivity contribution in [3.05, 3.63) is 35.4 Å². The molecule has 0 radical (unpaired) electrons. The standard InChI is InChI=1S/C12H17NO/c1-3-11-4-6-12(7-5-11)10-13(2)8-9-14/h4-7,9H,3,8,10H2,1-2H3. The van der Waals surface area contributed by atoms with E-state index in [0.717, 1.165) is 19.3 Å². The number of nitrogens with zero attached hydrogens (tertiary/aromatic N) is 1. The van der Waals surface area contributed by atoms with Gasteiger partial charge in [-0.15, -0.1) is 0 Å². The second-order valence-electron chi connectivity index (χ2n) is 3.53. The molecule has 2 heteroatoms. The summed E-state index contributed by atoms with van der Waals surface area (Å²) in [5.41, 5.74) is 2.61. The highest BCUT2D eigenvalue weighted by Gasteiger charge is 1.98. The van der Waals surface area contributed by atoms with Crippen LogP contribution in [0.25, 0.3) is 0 Å². The van der Waals surface area contributed by atoms with Gasteiger partial charge in [-0.05, 0) is 24.6 Å². The number of carbonyl (C=O) groups excluding carboxylic acids is 1. The molecule has 0 aliphatic rings. The molecule has 1 aromatic rings. The van der Waals surface area contributed by atoms with E-state index in [9.17, 15) is 4.79 Å². The Morgan fingerprint density at radius 1 is 1.21 bits per heavy atom. The molecule has 1 rings (SSSR count). The Bertz CT molecular complexity index is 279. The van der Waals surface area contributed by atoms with E-state index in [0.29, 0.717) is 6.54 Å². The summed E-state index contributed by atoms with van der Waals surface area (Å²) in [7, 11) is 1.95. The topological polar surface area (TPSA) is 20.3 Å². The number of carbonyl (C=O) groups is 1. The number of aryl methyl sites for hydroxylation is 1. The molecule has 1 aromatic carbocycles. The third kappa shape index (κ3) is 3.30. The van der Waals surface area contributed by atoms with Crippen molar-refractivity contribution in [3.8, 4) is 0 Å². The van der Waals surface area contributed by atoms with Crippen molar-refractivity contribution in [2.45, 2.75) is 19.9 Å². The molecule has 2 nitrogen and oxygen atoms in total. The van der Waals surface area contributed by atoms with Crippen molar-refractivity contribution in [2.75, 3.05) is 13.6 Å². The van der Waals surface area contributed by atoms with E-state index in [1.54, 1.807) is 0 Å². The van der Waals surface area contributed by atoms with Gasteiger partial charge in [0.2, 0.25) is 0 Å². The fraction of sp³-hybridized carbons (Fsp3) is 0.417. The van der Waals surface area contributed by atoms with E-state index in [-0.39, 0.29) is 0 Å². The zero-order valence-electron chi connectivity index (χ0n) is 8.86. The maximum absolute atomic E-state index is 10.3. The van der Waals surface area contributed by atoms with Crippen molar-refractivity contribution in [1.82, 2.24) is 4.90 Å². The molecule has 0 aliphatic carbocycles. The smallest absolute Gasteiger partial charge is 0.133 e. The molecule has 0 saturated carbocycles. The van der Waals surface area contributed by atoms with Gasteiger partial charge in [-0.3, -0.25) is 4.90 Å². The minimum Gasteiger partial charge on any atom is -0.302 e. The first-order chi connectivity index (χ1) is 6.76. The van der Waals surface area contributed by atoms with Crippen LogP contribution < -0.4 is 0 Å². The number of hydrogen-bond acceptors (Lipinski definition) is 2. The highest BCUT2D eigenvalue weighted by atomic mass is 16.1. The summed E-state index contributed by atoms with van der Waals surface area (Å²) < 4.78 is 0. The van der Waals surface area contributed by atoms with E-state index in [4.69, 9.17) is 0 Å². The number of hydrogen-bond donors (Lipinski definition) is 0. The first kappa shape index (κ1) is 10.9. The van der Waals surface area contributed by atoms with E-state index < -0.39 is 0 Å². The lowest BCUT2D eigenvalue weighted by Gasteiger charge is -2.12. The lowest BCUT2D eigenvalue weighted by molar-refractivity contribution is -0.108. The predicted molar refractivity (Wildman–Crippen MR) is 58.2 cm³/mol. The molecule has 0 amide bonds. The third-order valence-corrected chi connectivity index (χ3v) is 2.27. The van der Waals surface area contributed by atoms with Gasteiger partial charge in [0.1, 0.15) is 6.29 Å². The molecule has 0 spiro atoms. The maximum Gasteiger partial charge on any atom is 0.133 e. The Morgan fingerprint density at radius 2 is 1.79 bits per heavy atom. The van der Waals surface area contributed by atoms with Crippen LogP contribution in [0.15, 0.2) is 24.3 Å². The molecule has 0 saturated heterocycles. The summed E-state index contributed by atoms with van der Waals surface area (Å²) in [4.78, 5) is 12.3.